The molecule has 2 N–H and O–H groups in total. The standard InChI is InChI=1S/C17H26O3/c1-5-17(11-13(2)18,16(3,4)15(19)20)12-14-9-7-6-8-10-14/h6-10,13,18H,5,11-12H2,1-4H3,(H,19,20). The number of hydrogen-bond donors (Lipinski definition) is 2. The summed E-state index contributed by atoms with van der Waals surface area (Å²) in [6.07, 6.45) is 1.34. The van der Waals surface area contributed by atoms with Gasteiger partial charge in [0, 0.05) is 0 Å². The van der Waals surface area contributed by atoms with Gasteiger partial charge in [0.1, 0.15) is 0 Å². The van der Waals surface area contributed by atoms with E-state index in [2.05, 4.69) is 0 Å². The van der Waals surface area contributed by atoms with Crippen LogP contribution in [0.2, 0.25) is 0 Å². The van der Waals surface area contributed by atoms with Gasteiger partial charge in [0.2, 0.25) is 0 Å². The predicted octanol–water partition coefficient (Wildman–Crippen LogP) is 3.51. The van der Waals surface area contributed by atoms with Gasteiger partial charge in [-0.3, -0.25) is 4.79 Å². The molecule has 0 spiro atoms. The third-order valence-corrected chi connectivity index (χ3v) is 4.61. The highest BCUT2D eigenvalue weighted by atomic mass is 16.4. The van der Waals surface area contributed by atoms with E-state index < -0.39 is 22.9 Å². The summed E-state index contributed by atoms with van der Waals surface area (Å²) < 4.78 is 0. The molecule has 0 fully saturated rings. The maximum absolute atomic E-state index is 11.7. The molecule has 0 radical (unpaired) electrons. The Bertz CT molecular complexity index is 437. The Morgan fingerprint density at radius 3 is 2.20 bits per heavy atom. The molecule has 1 aromatic rings. The van der Waals surface area contributed by atoms with Gasteiger partial charge >= 0.3 is 5.97 Å². The van der Waals surface area contributed by atoms with Crippen LogP contribution in [0, 0.1) is 10.8 Å². The molecule has 3 nitrogen and oxygen atoms in total. The molecule has 0 amide bonds. The van der Waals surface area contributed by atoms with Gasteiger partial charge in [-0.05, 0) is 51.0 Å². The van der Waals surface area contributed by atoms with E-state index in [1.807, 2.05) is 37.3 Å². The minimum atomic E-state index is -0.894. The van der Waals surface area contributed by atoms with Crippen molar-refractivity contribution in [2.75, 3.05) is 0 Å². The van der Waals surface area contributed by atoms with Crippen LogP contribution >= 0.6 is 0 Å². The second-order valence-electron chi connectivity index (χ2n) is 6.28. The zero-order valence-electron chi connectivity index (χ0n) is 12.9. The maximum atomic E-state index is 11.7. The maximum Gasteiger partial charge on any atom is 0.309 e. The first kappa shape index (κ1) is 16.7. The molecule has 0 heterocycles. The first-order valence-electron chi connectivity index (χ1n) is 7.20. The van der Waals surface area contributed by atoms with E-state index >= 15 is 0 Å². The van der Waals surface area contributed by atoms with Crippen molar-refractivity contribution in [3.63, 3.8) is 0 Å². The Morgan fingerprint density at radius 2 is 1.80 bits per heavy atom. The topological polar surface area (TPSA) is 57.5 Å². The highest BCUT2D eigenvalue weighted by Gasteiger charge is 2.49. The van der Waals surface area contributed by atoms with Crippen molar-refractivity contribution in [1.82, 2.24) is 0 Å². The Kier molecular flexibility index (Phi) is 5.35. The molecule has 0 aliphatic carbocycles. The zero-order chi connectivity index (χ0) is 15.4. The lowest BCUT2D eigenvalue weighted by Crippen LogP contribution is -2.46. The van der Waals surface area contributed by atoms with Gasteiger partial charge in [-0.1, -0.05) is 37.3 Å². The second kappa shape index (κ2) is 6.40. The Morgan fingerprint density at radius 1 is 1.25 bits per heavy atom. The summed E-state index contributed by atoms with van der Waals surface area (Å²) >= 11 is 0. The van der Waals surface area contributed by atoms with Crippen LogP contribution in [0.5, 0.6) is 0 Å². The van der Waals surface area contributed by atoms with Crippen LogP contribution in [0.1, 0.15) is 46.1 Å². The lowest BCUT2D eigenvalue weighted by atomic mass is 9.58. The van der Waals surface area contributed by atoms with E-state index in [1.165, 1.54) is 0 Å². The minimum absolute atomic E-state index is 0.464. The van der Waals surface area contributed by atoms with Crippen LogP contribution in [0.4, 0.5) is 0 Å². The van der Waals surface area contributed by atoms with Crippen molar-refractivity contribution in [2.24, 2.45) is 10.8 Å². The Labute approximate surface area is 121 Å². The molecule has 0 saturated heterocycles. The number of benzene rings is 1. The number of aliphatic hydroxyl groups excluding tert-OH is 1. The van der Waals surface area contributed by atoms with Gasteiger partial charge in [0.15, 0.2) is 0 Å². The predicted molar refractivity (Wildman–Crippen MR) is 80.6 cm³/mol. The molecule has 1 aromatic carbocycles. The second-order valence-corrected chi connectivity index (χ2v) is 6.28. The summed E-state index contributed by atoms with van der Waals surface area (Å²) in [5, 5.41) is 19.5. The van der Waals surface area contributed by atoms with Gasteiger partial charge in [0.05, 0.1) is 11.5 Å². The van der Waals surface area contributed by atoms with Gasteiger partial charge in [0.25, 0.3) is 0 Å². The fourth-order valence-corrected chi connectivity index (χ4v) is 3.04. The molecule has 0 bridgehead atoms. The highest BCUT2D eigenvalue weighted by Crippen LogP contribution is 2.48. The molecule has 0 aromatic heterocycles. The number of carbonyl (C=O) groups is 1. The van der Waals surface area contributed by atoms with Crippen LogP contribution < -0.4 is 0 Å². The van der Waals surface area contributed by atoms with Crippen LogP contribution in [0.15, 0.2) is 30.3 Å². The molecule has 2 unspecified atom stereocenters. The van der Waals surface area contributed by atoms with Gasteiger partial charge < -0.3 is 10.2 Å². The lowest BCUT2D eigenvalue weighted by molar-refractivity contribution is -0.157. The minimum Gasteiger partial charge on any atom is -0.481 e. The average molecular weight is 278 g/mol. The van der Waals surface area contributed by atoms with Crippen molar-refractivity contribution < 1.29 is 15.0 Å². The molecule has 3 heteroatoms. The molecule has 1 rings (SSSR count). The molecule has 2 atom stereocenters. The van der Waals surface area contributed by atoms with Crippen LogP contribution in [-0.4, -0.2) is 22.3 Å². The number of hydrogen-bond acceptors (Lipinski definition) is 2. The van der Waals surface area contributed by atoms with E-state index in [-0.39, 0.29) is 0 Å². The van der Waals surface area contributed by atoms with E-state index in [9.17, 15) is 15.0 Å². The largest absolute Gasteiger partial charge is 0.481 e. The molecule has 20 heavy (non-hydrogen) atoms. The summed E-state index contributed by atoms with van der Waals surface area (Å²) in [6, 6.07) is 9.92. The molecular formula is C17H26O3. The molecule has 0 aliphatic rings. The zero-order valence-corrected chi connectivity index (χ0v) is 12.9. The number of aliphatic carboxylic acids is 1. The Balaban J connectivity index is 3.21. The van der Waals surface area contributed by atoms with Gasteiger partial charge in [-0.25, -0.2) is 0 Å². The quantitative estimate of drug-likeness (QED) is 0.802. The normalized spacial score (nSPS) is 16.4. The highest BCUT2D eigenvalue weighted by molar-refractivity contribution is 5.75. The van der Waals surface area contributed by atoms with E-state index in [1.54, 1.807) is 20.8 Å². The average Bonchev–Trinajstić information content (AvgIpc) is 2.38. The fraction of sp³-hybridized carbons (Fsp3) is 0.588. The van der Waals surface area contributed by atoms with Crippen LogP contribution in [0.25, 0.3) is 0 Å². The summed E-state index contributed by atoms with van der Waals surface area (Å²) in [6.45, 7) is 7.28. The van der Waals surface area contributed by atoms with Crippen molar-refractivity contribution in [1.29, 1.82) is 0 Å². The summed E-state index contributed by atoms with van der Waals surface area (Å²) in [5.74, 6) is -0.809. The van der Waals surface area contributed by atoms with Crippen molar-refractivity contribution in [2.45, 2.75) is 53.1 Å². The monoisotopic (exact) mass is 278 g/mol. The molecule has 0 saturated carbocycles. The number of aliphatic hydroxyl groups is 1. The number of carboxylic acids is 1. The molecular weight excluding hydrogens is 252 g/mol. The SMILES string of the molecule is CCC(Cc1ccccc1)(CC(C)O)C(C)(C)C(=O)O. The van der Waals surface area contributed by atoms with Crippen molar-refractivity contribution >= 4 is 5.97 Å². The van der Waals surface area contributed by atoms with Gasteiger partial charge in [-0.2, -0.15) is 0 Å². The molecule has 0 aliphatic heterocycles. The molecule has 112 valence electrons. The van der Waals surface area contributed by atoms with Crippen LogP contribution in [-0.2, 0) is 11.2 Å². The van der Waals surface area contributed by atoms with Gasteiger partial charge in [-0.15, -0.1) is 0 Å². The van der Waals surface area contributed by atoms with Crippen molar-refractivity contribution in [3.8, 4) is 0 Å². The van der Waals surface area contributed by atoms with E-state index in [4.69, 9.17) is 0 Å². The lowest BCUT2D eigenvalue weighted by Gasteiger charge is -2.45. The summed E-state index contributed by atoms with van der Waals surface area (Å²) in [7, 11) is 0. The first-order valence-corrected chi connectivity index (χ1v) is 7.20. The number of carboxylic acid groups (broad SMARTS) is 1. The van der Waals surface area contributed by atoms with Crippen LogP contribution in [0.3, 0.4) is 0 Å². The third kappa shape index (κ3) is 3.40. The van der Waals surface area contributed by atoms with E-state index in [0.717, 1.165) is 5.56 Å². The smallest absolute Gasteiger partial charge is 0.309 e. The van der Waals surface area contributed by atoms with E-state index in [0.29, 0.717) is 19.3 Å². The fourth-order valence-electron chi connectivity index (χ4n) is 3.04. The summed E-state index contributed by atoms with van der Waals surface area (Å²) in [5.41, 5.74) is -0.243. The van der Waals surface area contributed by atoms with Crippen molar-refractivity contribution in [3.05, 3.63) is 35.9 Å². The number of rotatable bonds is 7. The Hall–Kier alpha value is -1.35. The third-order valence-electron chi connectivity index (χ3n) is 4.61. The first-order chi connectivity index (χ1) is 9.25. The summed E-state index contributed by atoms with van der Waals surface area (Å²) in [4.78, 5) is 11.7.